The van der Waals surface area contributed by atoms with Gasteiger partial charge in [-0.3, -0.25) is 4.90 Å². The third kappa shape index (κ3) is 2.18. The minimum Gasteiger partial charge on any atom is -0.493 e. The van der Waals surface area contributed by atoms with Crippen molar-refractivity contribution in [1.29, 1.82) is 0 Å². The molecule has 2 fully saturated rings. The second kappa shape index (κ2) is 6.08. The van der Waals surface area contributed by atoms with Crippen LogP contribution >= 0.6 is 0 Å². The number of rotatable bonds is 3. The number of aromatic nitrogens is 1. The van der Waals surface area contributed by atoms with Crippen molar-refractivity contribution in [2.75, 3.05) is 20.2 Å². The van der Waals surface area contributed by atoms with Gasteiger partial charge in [0.15, 0.2) is 17.6 Å². The highest BCUT2D eigenvalue weighted by Gasteiger charge is 2.72. The summed E-state index contributed by atoms with van der Waals surface area (Å²) in [6.07, 6.45) is 4.75. The number of piperidine rings is 1. The van der Waals surface area contributed by atoms with Crippen LogP contribution in [0.5, 0.6) is 11.5 Å². The summed E-state index contributed by atoms with van der Waals surface area (Å²) < 4.78 is 12.6. The number of aliphatic hydroxyl groups is 1. The van der Waals surface area contributed by atoms with Gasteiger partial charge >= 0.3 is 0 Å². The minimum absolute atomic E-state index is 0.101. The molecule has 5 aliphatic rings. The molecule has 1 spiro atoms. The number of pyridine rings is 1. The fraction of sp³-hybridized carbons (Fsp3) is 0.464. The SMILES string of the molecule is COc1ccc2c3c1O[C@H]1c4nc5ccccc5cc4C[C@@]4(O)[C@@H](C2)N(CC2CC2)CC[C@]314. The average Bonchev–Trinajstić information content (AvgIpc) is 3.56. The largest absolute Gasteiger partial charge is 0.493 e. The number of nitrogens with zero attached hydrogens (tertiary/aromatic N) is 2. The first-order valence-corrected chi connectivity index (χ1v) is 12.3. The molecule has 2 aromatic carbocycles. The van der Waals surface area contributed by atoms with Crippen molar-refractivity contribution in [3.63, 3.8) is 0 Å². The van der Waals surface area contributed by atoms with E-state index in [0.717, 1.165) is 65.5 Å². The number of likely N-dealkylation sites (tertiary alicyclic amines) is 1. The van der Waals surface area contributed by atoms with Gasteiger partial charge in [0.2, 0.25) is 0 Å². The van der Waals surface area contributed by atoms with Crippen LogP contribution in [-0.4, -0.2) is 46.8 Å². The molecule has 33 heavy (non-hydrogen) atoms. The summed E-state index contributed by atoms with van der Waals surface area (Å²) in [6.45, 7) is 2.11. The zero-order valence-corrected chi connectivity index (χ0v) is 18.9. The Morgan fingerprint density at radius 3 is 2.91 bits per heavy atom. The molecule has 0 radical (unpaired) electrons. The molecule has 5 heteroatoms. The maximum atomic E-state index is 12.8. The smallest absolute Gasteiger partial charge is 0.166 e. The van der Waals surface area contributed by atoms with Crippen molar-refractivity contribution in [2.24, 2.45) is 5.92 Å². The lowest BCUT2D eigenvalue weighted by molar-refractivity contribution is -0.173. The molecule has 0 unspecified atom stereocenters. The van der Waals surface area contributed by atoms with E-state index in [1.165, 1.54) is 24.0 Å². The normalized spacial score (nSPS) is 33.4. The number of ether oxygens (including phenoxy) is 2. The third-order valence-corrected chi connectivity index (χ3v) is 9.26. The van der Waals surface area contributed by atoms with E-state index in [0.29, 0.717) is 6.42 Å². The van der Waals surface area contributed by atoms with Gasteiger partial charge in [0.1, 0.15) is 0 Å². The molecule has 3 aliphatic carbocycles. The topological polar surface area (TPSA) is 54.8 Å². The molecule has 1 N–H and O–H groups in total. The van der Waals surface area contributed by atoms with E-state index in [1.54, 1.807) is 7.11 Å². The van der Waals surface area contributed by atoms with Gasteiger partial charge in [-0.25, -0.2) is 4.98 Å². The second-order valence-electron chi connectivity index (χ2n) is 10.8. The number of hydrogen-bond acceptors (Lipinski definition) is 5. The quantitative estimate of drug-likeness (QED) is 0.669. The first kappa shape index (κ1) is 18.8. The molecular weight excluding hydrogens is 412 g/mol. The lowest BCUT2D eigenvalue weighted by Crippen LogP contribution is -2.74. The number of hydrogen-bond donors (Lipinski definition) is 1. The highest BCUT2D eigenvalue weighted by atomic mass is 16.5. The fourth-order valence-electron chi connectivity index (χ4n) is 7.64. The lowest BCUT2D eigenvalue weighted by Gasteiger charge is -2.63. The molecular formula is C28H28N2O3. The third-order valence-electron chi connectivity index (χ3n) is 9.26. The van der Waals surface area contributed by atoms with Gasteiger partial charge in [-0.2, -0.15) is 0 Å². The Hall–Kier alpha value is -2.63. The summed E-state index contributed by atoms with van der Waals surface area (Å²) in [6, 6.07) is 14.9. The van der Waals surface area contributed by atoms with Crippen LogP contribution in [0.1, 0.15) is 47.8 Å². The Balaban J connectivity index is 1.40. The standard InChI is InChI=1S/C28H28N2O3/c1-32-21-9-8-18-13-22-28(31)14-19-12-17-4-2-3-5-20(17)29-24(19)26-27(28,23(18)25(21)33-26)10-11-30(22)15-16-6-7-16/h2-5,8-9,12,16,22,26,31H,6-7,10-11,13-15H2,1H3/t22-,26+,27+,28-/m1/s1. The molecule has 2 bridgehead atoms. The highest BCUT2D eigenvalue weighted by Crippen LogP contribution is 2.68. The van der Waals surface area contributed by atoms with Crippen LogP contribution in [0.2, 0.25) is 0 Å². The summed E-state index contributed by atoms with van der Waals surface area (Å²) in [5.41, 5.74) is 4.27. The molecule has 1 saturated heterocycles. The monoisotopic (exact) mass is 440 g/mol. The van der Waals surface area contributed by atoms with Crippen molar-refractivity contribution >= 4 is 10.9 Å². The van der Waals surface area contributed by atoms with Crippen molar-refractivity contribution in [2.45, 2.75) is 55.3 Å². The Labute approximate surface area is 193 Å². The summed E-state index contributed by atoms with van der Waals surface area (Å²) >= 11 is 0. The lowest BCUT2D eigenvalue weighted by atomic mass is 9.49. The van der Waals surface area contributed by atoms with Crippen LogP contribution in [0, 0.1) is 5.92 Å². The number of methoxy groups -OCH3 is 1. The Morgan fingerprint density at radius 2 is 2.06 bits per heavy atom. The number of para-hydroxylation sites is 1. The molecule has 4 atom stereocenters. The van der Waals surface area contributed by atoms with E-state index in [-0.39, 0.29) is 12.1 Å². The van der Waals surface area contributed by atoms with Crippen LogP contribution in [0.4, 0.5) is 0 Å². The van der Waals surface area contributed by atoms with E-state index in [4.69, 9.17) is 14.5 Å². The predicted octanol–water partition coefficient (Wildman–Crippen LogP) is 3.94. The van der Waals surface area contributed by atoms with Crippen LogP contribution in [-0.2, 0) is 18.3 Å². The van der Waals surface area contributed by atoms with Gasteiger partial charge in [0.25, 0.3) is 0 Å². The Morgan fingerprint density at radius 1 is 1.18 bits per heavy atom. The predicted molar refractivity (Wildman–Crippen MR) is 125 cm³/mol. The highest BCUT2D eigenvalue weighted by molar-refractivity contribution is 5.80. The Bertz CT molecular complexity index is 1330. The minimum atomic E-state index is -0.882. The van der Waals surface area contributed by atoms with Crippen LogP contribution in [0.3, 0.4) is 0 Å². The van der Waals surface area contributed by atoms with E-state index < -0.39 is 11.0 Å². The number of benzene rings is 2. The zero-order chi connectivity index (χ0) is 21.9. The van der Waals surface area contributed by atoms with Gasteiger partial charge in [0, 0.05) is 30.0 Å². The maximum Gasteiger partial charge on any atom is 0.166 e. The molecule has 1 aromatic heterocycles. The molecule has 3 aromatic rings. The van der Waals surface area contributed by atoms with E-state index in [2.05, 4.69) is 35.2 Å². The van der Waals surface area contributed by atoms with Crippen molar-refractivity contribution in [3.05, 3.63) is 64.8 Å². The fourth-order valence-corrected chi connectivity index (χ4v) is 7.64. The first-order valence-electron chi connectivity index (χ1n) is 12.3. The Kier molecular flexibility index (Phi) is 3.45. The first-order chi connectivity index (χ1) is 16.1. The van der Waals surface area contributed by atoms with Crippen molar-refractivity contribution in [3.8, 4) is 11.5 Å². The molecule has 3 heterocycles. The summed E-state index contributed by atoms with van der Waals surface area (Å²) in [5, 5.41) is 13.9. The van der Waals surface area contributed by atoms with Crippen molar-refractivity contribution in [1.82, 2.24) is 9.88 Å². The van der Waals surface area contributed by atoms with Crippen LogP contribution in [0.15, 0.2) is 42.5 Å². The van der Waals surface area contributed by atoms with E-state index in [1.807, 2.05) is 12.1 Å². The van der Waals surface area contributed by atoms with Crippen LogP contribution in [0.25, 0.3) is 10.9 Å². The maximum absolute atomic E-state index is 12.8. The molecule has 1 saturated carbocycles. The summed E-state index contributed by atoms with van der Waals surface area (Å²) in [7, 11) is 1.71. The number of fused-ring (bicyclic) bond motifs is 3. The van der Waals surface area contributed by atoms with Gasteiger partial charge in [0.05, 0.1) is 29.3 Å². The van der Waals surface area contributed by atoms with Crippen LogP contribution < -0.4 is 9.47 Å². The molecule has 5 nitrogen and oxygen atoms in total. The van der Waals surface area contributed by atoms with E-state index in [9.17, 15) is 5.11 Å². The van der Waals surface area contributed by atoms with Gasteiger partial charge in [-0.05, 0) is 67.5 Å². The van der Waals surface area contributed by atoms with Gasteiger partial charge < -0.3 is 14.6 Å². The summed E-state index contributed by atoms with van der Waals surface area (Å²) in [5.74, 6) is 2.39. The molecule has 168 valence electrons. The van der Waals surface area contributed by atoms with Gasteiger partial charge in [-0.1, -0.05) is 24.3 Å². The van der Waals surface area contributed by atoms with Gasteiger partial charge in [-0.15, -0.1) is 0 Å². The van der Waals surface area contributed by atoms with Crippen molar-refractivity contribution < 1.29 is 14.6 Å². The molecule has 2 aliphatic heterocycles. The summed E-state index contributed by atoms with van der Waals surface area (Å²) in [4.78, 5) is 7.75. The van der Waals surface area contributed by atoms with E-state index >= 15 is 0 Å². The second-order valence-corrected chi connectivity index (χ2v) is 10.8. The average molecular weight is 441 g/mol. The zero-order valence-electron chi connectivity index (χ0n) is 18.9. The molecule has 0 amide bonds. The molecule has 8 rings (SSSR count).